The van der Waals surface area contributed by atoms with E-state index in [9.17, 15) is 8.42 Å². The van der Waals surface area contributed by atoms with Crippen molar-refractivity contribution in [2.75, 3.05) is 13.2 Å². The van der Waals surface area contributed by atoms with Crippen molar-refractivity contribution >= 4 is 33.5 Å². The Hall–Kier alpha value is 0.596. The van der Waals surface area contributed by atoms with Crippen molar-refractivity contribution in [2.24, 2.45) is 0 Å². The Balaban J connectivity index is 0. The molecule has 0 aromatic carbocycles. The molecule has 0 atom stereocenters. The standard InChI is InChI=1S/C14H30O5S.Mg/c1-3-5-6-7-8-9-10-11-12-13-14-18-20(15,16)19-17-4-2;/h3-14H2,1-2H3;. The Morgan fingerprint density at radius 2 is 1.24 bits per heavy atom. The number of unbranched alkanes of at least 4 members (excludes halogenated alkanes) is 9. The lowest BCUT2D eigenvalue weighted by Crippen LogP contribution is -2.11. The van der Waals surface area contributed by atoms with Crippen LogP contribution in [0.2, 0.25) is 0 Å². The summed E-state index contributed by atoms with van der Waals surface area (Å²) in [6.45, 7) is 4.19. The quantitative estimate of drug-likeness (QED) is 0.197. The maximum atomic E-state index is 11.1. The Bertz CT molecular complexity index is 296. The SMILES string of the molecule is CCCCCCCCCCCCOS(=O)(=O)OOCC.[Mg]. The summed E-state index contributed by atoms with van der Waals surface area (Å²) in [4.78, 5) is 4.34. The van der Waals surface area contributed by atoms with Crippen LogP contribution in [0.15, 0.2) is 0 Å². The first-order valence-corrected chi connectivity index (χ1v) is 9.16. The predicted molar refractivity (Wildman–Crippen MR) is 85.2 cm³/mol. The van der Waals surface area contributed by atoms with Crippen LogP contribution in [0.25, 0.3) is 0 Å². The summed E-state index contributed by atoms with van der Waals surface area (Å²) in [6, 6.07) is 0. The summed E-state index contributed by atoms with van der Waals surface area (Å²) in [7, 11) is -3.98. The molecule has 0 aromatic heterocycles. The van der Waals surface area contributed by atoms with Crippen molar-refractivity contribution in [2.45, 2.75) is 78.1 Å². The summed E-state index contributed by atoms with van der Waals surface area (Å²) in [5.41, 5.74) is 0. The first kappa shape index (κ1) is 23.9. The Morgan fingerprint density at radius 1 is 0.762 bits per heavy atom. The molecule has 0 heterocycles. The van der Waals surface area contributed by atoms with Crippen molar-refractivity contribution in [3.8, 4) is 0 Å². The smallest absolute Gasteiger partial charge is 0.246 e. The van der Waals surface area contributed by atoms with Crippen molar-refractivity contribution in [3.63, 3.8) is 0 Å². The molecule has 0 N–H and O–H groups in total. The van der Waals surface area contributed by atoms with Crippen LogP contribution in [0.4, 0.5) is 0 Å². The minimum absolute atomic E-state index is 0. The van der Waals surface area contributed by atoms with Gasteiger partial charge in [-0.05, 0) is 13.3 Å². The Morgan fingerprint density at radius 3 is 1.71 bits per heavy atom. The summed E-state index contributed by atoms with van der Waals surface area (Å²) in [6.07, 6.45) is 12.0. The lowest BCUT2D eigenvalue weighted by Gasteiger charge is -2.04. The normalized spacial score (nSPS) is 11.3. The van der Waals surface area contributed by atoms with E-state index in [-0.39, 0.29) is 36.3 Å². The molecule has 7 heteroatoms. The molecule has 2 radical (unpaired) electrons. The van der Waals surface area contributed by atoms with Gasteiger partial charge in [-0.25, -0.2) is 9.07 Å². The zero-order valence-corrected chi connectivity index (χ0v) is 15.9. The average Bonchev–Trinajstić information content (AvgIpc) is 2.42. The number of rotatable bonds is 15. The van der Waals surface area contributed by atoms with E-state index in [0.29, 0.717) is 0 Å². The highest BCUT2D eigenvalue weighted by molar-refractivity contribution is 7.81. The third-order valence-corrected chi connectivity index (χ3v) is 3.69. The molecule has 0 saturated carbocycles. The average molecular weight is 335 g/mol. The largest absolute Gasteiger partial charge is 0.426 e. The highest BCUT2D eigenvalue weighted by Gasteiger charge is 2.12. The van der Waals surface area contributed by atoms with Crippen molar-refractivity contribution < 1.29 is 21.8 Å². The highest BCUT2D eigenvalue weighted by Crippen LogP contribution is 2.10. The molecule has 0 saturated heterocycles. The van der Waals surface area contributed by atoms with E-state index in [1.165, 1.54) is 44.9 Å². The van der Waals surface area contributed by atoms with Crippen molar-refractivity contribution in [1.82, 2.24) is 0 Å². The summed E-state index contributed by atoms with van der Waals surface area (Å²) in [5.74, 6) is 0. The second-order valence-corrected chi connectivity index (χ2v) is 6.08. The first-order chi connectivity index (χ1) is 9.62. The predicted octanol–water partition coefficient (Wildman–Crippen LogP) is 3.76. The fraction of sp³-hybridized carbons (Fsp3) is 1.00. The molecule has 0 aliphatic heterocycles. The van der Waals surface area contributed by atoms with Gasteiger partial charge in [0.25, 0.3) is 0 Å². The van der Waals surface area contributed by atoms with Crippen LogP contribution in [0, 0.1) is 0 Å². The lowest BCUT2D eigenvalue weighted by molar-refractivity contribution is -0.205. The summed E-state index contributed by atoms with van der Waals surface area (Å²) >= 11 is 0. The third kappa shape index (κ3) is 18.5. The van der Waals surface area contributed by atoms with Crippen molar-refractivity contribution in [1.29, 1.82) is 0 Å². The second kappa shape index (κ2) is 17.0. The second-order valence-electron chi connectivity index (χ2n) is 4.89. The number of hydrogen-bond donors (Lipinski definition) is 0. The van der Waals surface area contributed by atoms with Gasteiger partial charge >= 0.3 is 10.4 Å². The van der Waals surface area contributed by atoms with Gasteiger partial charge < -0.3 is 0 Å². The van der Waals surface area contributed by atoms with Gasteiger partial charge in [0, 0.05) is 23.1 Å². The number of hydrogen-bond acceptors (Lipinski definition) is 5. The molecule has 0 aliphatic carbocycles. The molecule has 0 bridgehead atoms. The van der Waals surface area contributed by atoms with E-state index in [1.54, 1.807) is 6.92 Å². The molecular weight excluding hydrogens is 305 g/mol. The van der Waals surface area contributed by atoms with Crippen LogP contribution in [-0.2, 0) is 23.8 Å². The summed E-state index contributed by atoms with van der Waals surface area (Å²) in [5, 5.41) is 0. The van der Waals surface area contributed by atoms with Crippen molar-refractivity contribution in [3.05, 3.63) is 0 Å². The Kier molecular flexibility index (Phi) is 19.3. The van der Waals surface area contributed by atoms with E-state index in [1.807, 2.05) is 0 Å². The minimum Gasteiger partial charge on any atom is -0.246 e. The van der Waals surface area contributed by atoms with Gasteiger partial charge in [0.1, 0.15) is 0 Å². The van der Waals surface area contributed by atoms with Crippen LogP contribution in [-0.4, -0.2) is 44.7 Å². The molecule has 5 nitrogen and oxygen atoms in total. The molecule has 0 aliphatic rings. The lowest BCUT2D eigenvalue weighted by atomic mass is 10.1. The molecule has 0 spiro atoms. The van der Waals surface area contributed by atoms with Gasteiger partial charge in [-0.3, -0.25) is 0 Å². The molecular formula is C14H30MgO5S. The van der Waals surface area contributed by atoms with E-state index >= 15 is 0 Å². The molecule has 0 unspecified atom stereocenters. The van der Waals surface area contributed by atoms with Gasteiger partial charge in [0.2, 0.25) is 0 Å². The van der Waals surface area contributed by atoms with Gasteiger partial charge in [0.15, 0.2) is 0 Å². The topological polar surface area (TPSA) is 61.8 Å². The van der Waals surface area contributed by atoms with Crippen LogP contribution in [0.3, 0.4) is 0 Å². The monoisotopic (exact) mass is 334 g/mol. The van der Waals surface area contributed by atoms with Gasteiger partial charge in [-0.2, -0.15) is 8.42 Å². The zero-order chi connectivity index (χ0) is 15.1. The van der Waals surface area contributed by atoms with Gasteiger partial charge in [-0.1, -0.05) is 69.0 Å². The fourth-order valence-corrected chi connectivity index (χ4v) is 2.45. The molecule has 124 valence electrons. The Labute approximate surface area is 146 Å². The zero-order valence-electron chi connectivity index (χ0n) is 13.6. The highest BCUT2D eigenvalue weighted by atomic mass is 32.3. The maximum Gasteiger partial charge on any atom is 0.426 e. The first-order valence-electron chi connectivity index (χ1n) is 7.82. The molecule has 0 rings (SSSR count). The molecule has 0 amide bonds. The molecule has 21 heavy (non-hydrogen) atoms. The maximum absolute atomic E-state index is 11.1. The van der Waals surface area contributed by atoms with Gasteiger partial charge in [0.05, 0.1) is 13.2 Å². The van der Waals surface area contributed by atoms with Crippen LogP contribution >= 0.6 is 0 Å². The minimum atomic E-state index is -3.98. The molecule has 0 fully saturated rings. The van der Waals surface area contributed by atoms with Crippen LogP contribution in [0.1, 0.15) is 78.1 Å². The van der Waals surface area contributed by atoms with E-state index in [0.717, 1.165) is 19.3 Å². The van der Waals surface area contributed by atoms with Crippen LogP contribution in [0.5, 0.6) is 0 Å². The van der Waals surface area contributed by atoms with Gasteiger partial charge in [-0.15, -0.1) is 0 Å². The van der Waals surface area contributed by atoms with E-state index < -0.39 is 10.4 Å². The van der Waals surface area contributed by atoms with E-state index in [2.05, 4.69) is 20.3 Å². The summed E-state index contributed by atoms with van der Waals surface area (Å²) < 4.78 is 30.9. The fourth-order valence-electron chi connectivity index (χ4n) is 1.88. The van der Waals surface area contributed by atoms with E-state index in [4.69, 9.17) is 0 Å². The molecule has 0 aromatic rings. The third-order valence-electron chi connectivity index (χ3n) is 2.97. The van der Waals surface area contributed by atoms with Crippen LogP contribution < -0.4 is 0 Å².